The lowest BCUT2D eigenvalue weighted by Gasteiger charge is -2.65. The maximum atomic E-state index is 6.76. The standard InChI is InChI=1S/C28H34Cl3NO2/c1-4-33-24-8-20(22(30)9-25(24)34-14-18-5-6-21(29)23(31)7-18)13-32-28-12-19-10-26(2,16-28)15-27(3,11-19)17-28/h5-9,19,32H,4,10-17H2,1-3H3. The molecule has 0 amide bonds. The molecule has 0 aliphatic heterocycles. The van der Waals surface area contributed by atoms with E-state index in [2.05, 4.69) is 19.2 Å². The van der Waals surface area contributed by atoms with Crippen LogP contribution in [0.4, 0.5) is 0 Å². The van der Waals surface area contributed by atoms with E-state index in [-0.39, 0.29) is 5.54 Å². The summed E-state index contributed by atoms with van der Waals surface area (Å²) in [5.41, 5.74) is 3.16. The van der Waals surface area contributed by atoms with Crippen LogP contribution in [0.25, 0.3) is 0 Å². The molecule has 2 unspecified atom stereocenters. The Kier molecular flexibility index (Phi) is 6.55. The Morgan fingerprint density at radius 1 is 0.853 bits per heavy atom. The summed E-state index contributed by atoms with van der Waals surface area (Å²) in [6.45, 7) is 8.64. The molecule has 34 heavy (non-hydrogen) atoms. The first-order valence-electron chi connectivity index (χ1n) is 12.4. The monoisotopic (exact) mass is 521 g/mol. The van der Waals surface area contributed by atoms with Crippen LogP contribution in [0.5, 0.6) is 11.5 Å². The highest BCUT2D eigenvalue weighted by atomic mass is 35.5. The molecular weight excluding hydrogens is 489 g/mol. The number of hydrogen-bond acceptors (Lipinski definition) is 3. The molecule has 0 spiro atoms. The second-order valence-corrected chi connectivity index (χ2v) is 12.8. The molecule has 0 heterocycles. The summed E-state index contributed by atoms with van der Waals surface area (Å²) in [5, 5.41) is 5.73. The third-order valence-corrected chi connectivity index (χ3v) is 9.16. The summed E-state index contributed by atoms with van der Waals surface area (Å²) in [4.78, 5) is 0. The minimum absolute atomic E-state index is 0.223. The average molecular weight is 523 g/mol. The number of rotatable bonds is 8. The van der Waals surface area contributed by atoms with Crippen LogP contribution < -0.4 is 14.8 Å². The van der Waals surface area contributed by atoms with E-state index in [1.807, 2.05) is 31.2 Å². The highest BCUT2D eigenvalue weighted by molar-refractivity contribution is 6.42. The van der Waals surface area contributed by atoms with Crippen molar-refractivity contribution in [3.8, 4) is 11.5 Å². The van der Waals surface area contributed by atoms with Crippen LogP contribution >= 0.6 is 34.8 Å². The molecular formula is C28H34Cl3NO2. The van der Waals surface area contributed by atoms with Crippen LogP contribution in [-0.4, -0.2) is 12.1 Å². The molecule has 3 nitrogen and oxygen atoms in total. The summed E-state index contributed by atoms with van der Waals surface area (Å²) in [7, 11) is 0. The largest absolute Gasteiger partial charge is 0.490 e. The van der Waals surface area contributed by atoms with Gasteiger partial charge in [0.15, 0.2) is 11.5 Å². The normalized spacial score (nSPS) is 31.6. The van der Waals surface area contributed by atoms with Crippen molar-refractivity contribution in [1.82, 2.24) is 5.32 Å². The first-order chi connectivity index (χ1) is 16.1. The van der Waals surface area contributed by atoms with E-state index in [0.717, 1.165) is 23.6 Å². The molecule has 4 aliphatic carbocycles. The van der Waals surface area contributed by atoms with Crippen molar-refractivity contribution < 1.29 is 9.47 Å². The van der Waals surface area contributed by atoms with Gasteiger partial charge in [-0.15, -0.1) is 0 Å². The van der Waals surface area contributed by atoms with Crippen molar-refractivity contribution in [3.05, 3.63) is 56.5 Å². The van der Waals surface area contributed by atoms with E-state index in [4.69, 9.17) is 44.3 Å². The quantitative estimate of drug-likeness (QED) is 0.377. The molecule has 4 bridgehead atoms. The lowest BCUT2D eigenvalue weighted by molar-refractivity contribution is -0.118. The smallest absolute Gasteiger partial charge is 0.163 e. The van der Waals surface area contributed by atoms with Gasteiger partial charge in [0.1, 0.15) is 6.61 Å². The predicted octanol–water partition coefficient (Wildman–Crippen LogP) is 8.46. The van der Waals surface area contributed by atoms with Gasteiger partial charge in [-0.1, -0.05) is 54.7 Å². The summed E-state index contributed by atoms with van der Waals surface area (Å²) in [6.07, 6.45) is 8.00. The molecule has 2 aromatic carbocycles. The summed E-state index contributed by atoms with van der Waals surface area (Å²) >= 11 is 18.9. The molecule has 4 aliphatic rings. The topological polar surface area (TPSA) is 30.5 Å². The van der Waals surface area contributed by atoms with Gasteiger partial charge in [-0.2, -0.15) is 0 Å². The van der Waals surface area contributed by atoms with E-state index in [1.165, 1.54) is 38.5 Å². The third-order valence-electron chi connectivity index (χ3n) is 8.07. The molecule has 6 heteroatoms. The highest BCUT2D eigenvalue weighted by Crippen LogP contribution is 2.66. The minimum Gasteiger partial charge on any atom is -0.490 e. The van der Waals surface area contributed by atoms with E-state index in [0.29, 0.717) is 50.6 Å². The SMILES string of the molecule is CCOc1cc(CNC23CC4CC(C)(CC(C)(C4)C2)C3)c(Cl)cc1OCc1ccc(Cl)c(Cl)c1. The Bertz CT molecular complexity index is 1070. The van der Waals surface area contributed by atoms with Gasteiger partial charge in [0.25, 0.3) is 0 Å². The van der Waals surface area contributed by atoms with Gasteiger partial charge in [0, 0.05) is 23.2 Å². The maximum Gasteiger partial charge on any atom is 0.163 e. The Balaban J connectivity index is 1.32. The number of halogens is 3. The van der Waals surface area contributed by atoms with Crippen molar-refractivity contribution in [3.63, 3.8) is 0 Å². The number of benzene rings is 2. The third kappa shape index (κ3) is 4.91. The Morgan fingerprint density at radius 3 is 2.21 bits per heavy atom. The molecule has 2 atom stereocenters. The first-order valence-corrected chi connectivity index (χ1v) is 13.5. The van der Waals surface area contributed by atoms with Crippen molar-refractivity contribution >= 4 is 34.8 Å². The van der Waals surface area contributed by atoms with Gasteiger partial charge < -0.3 is 14.8 Å². The second-order valence-electron chi connectivity index (χ2n) is 11.6. The Morgan fingerprint density at radius 2 is 1.56 bits per heavy atom. The van der Waals surface area contributed by atoms with Crippen LogP contribution in [0.1, 0.15) is 70.4 Å². The van der Waals surface area contributed by atoms with Gasteiger partial charge in [-0.25, -0.2) is 0 Å². The van der Waals surface area contributed by atoms with Crippen molar-refractivity contribution in [2.75, 3.05) is 6.61 Å². The molecule has 0 saturated heterocycles. The molecule has 4 fully saturated rings. The van der Waals surface area contributed by atoms with Crippen molar-refractivity contribution in [2.45, 2.75) is 78.0 Å². The minimum atomic E-state index is 0.223. The van der Waals surface area contributed by atoms with E-state index in [1.54, 1.807) is 6.07 Å². The lowest BCUT2D eigenvalue weighted by Crippen LogP contribution is -2.63. The fourth-order valence-electron chi connectivity index (χ4n) is 7.81. The van der Waals surface area contributed by atoms with Crippen molar-refractivity contribution in [2.24, 2.45) is 16.7 Å². The van der Waals surface area contributed by atoms with E-state index in [9.17, 15) is 0 Å². The first kappa shape index (κ1) is 24.6. The summed E-state index contributed by atoms with van der Waals surface area (Å²) in [6, 6.07) is 9.41. The Labute approximate surface area is 218 Å². The van der Waals surface area contributed by atoms with Gasteiger partial charge in [-0.05, 0) is 91.5 Å². The fraction of sp³-hybridized carbons (Fsp3) is 0.571. The summed E-state index contributed by atoms with van der Waals surface area (Å²) in [5.74, 6) is 2.20. The zero-order chi connectivity index (χ0) is 24.1. The zero-order valence-electron chi connectivity index (χ0n) is 20.3. The van der Waals surface area contributed by atoms with Gasteiger partial charge in [0.05, 0.1) is 16.7 Å². The number of hydrogen-bond donors (Lipinski definition) is 1. The zero-order valence-corrected chi connectivity index (χ0v) is 22.5. The molecule has 4 saturated carbocycles. The van der Waals surface area contributed by atoms with Gasteiger partial charge in [-0.3, -0.25) is 0 Å². The van der Waals surface area contributed by atoms with Crippen LogP contribution in [0.15, 0.2) is 30.3 Å². The summed E-state index contributed by atoms with van der Waals surface area (Å²) < 4.78 is 12.0. The second kappa shape index (κ2) is 9.07. The van der Waals surface area contributed by atoms with Gasteiger partial charge >= 0.3 is 0 Å². The van der Waals surface area contributed by atoms with E-state index >= 15 is 0 Å². The van der Waals surface area contributed by atoms with E-state index < -0.39 is 0 Å². The molecule has 0 aromatic heterocycles. The molecule has 2 aromatic rings. The van der Waals surface area contributed by atoms with Crippen LogP contribution in [0, 0.1) is 16.7 Å². The molecule has 1 N–H and O–H groups in total. The van der Waals surface area contributed by atoms with Gasteiger partial charge in [0.2, 0.25) is 0 Å². The Hall–Kier alpha value is -1.13. The fourth-order valence-corrected chi connectivity index (χ4v) is 8.35. The highest BCUT2D eigenvalue weighted by Gasteiger charge is 2.59. The van der Waals surface area contributed by atoms with Crippen LogP contribution in [0.2, 0.25) is 15.1 Å². The number of ether oxygens (including phenoxy) is 2. The van der Waals surface area contributed by atoms with Crippen LogP contribution in [0.3, 0.4) is 0 Å². The maximum absolute atomic E-state index is 6.76. The van der Waals surface area contributed by atoms with Crippen LogP contribution in [-0.2, 0) is 13.2 Å². The molecule has 0 radical (unpaired) electrons. The lowest BCUT2D eigenvalue weighted by atomic mass is 9.43. The van der Waals surface area contributed by atoms with Crippen molar-refractivity contribution in [1.29, 1.82) is 0 Å². The molecule has 184 valence electrons. The number of nitrogens with one attached hydrogen (secondary N) is 1. The average Bonchev–Trinajstić information content (AvgIpc) is 2.72. The predicted molar refractivity (Wildman–Crippen MR) is 140 cm³/mol. The molecule has 6 rings (SSSR count).